The summed E-state index contributed by atoms with van der Waals surface area (Å²) in [4.78, 5) is 0. The molecule has 1 aliphatic rings. The second kappa shape index (κ2) is 5.75. The van der Waals surface area contributed by atoms with Crippen LogP contribution >= 0.6 is 0 Å². The number of hydrogen-bond donors (Lipinski definition) is 1. The fourth-order valence-corrected chi connectivity index (χ4v) is 1.90. The summed E-state index contributed by atoms with van der Waals surface area (Å²) in [6, 6.07) is 7.84. The third kappa shape index (κ3) is 2.89. The minimum atomic E-state index is 0.135. The van der Waals surface area contributed by atoms with Gasteiger partial charge >= 0.3 is 0 Å². The molecule has 3 heteroatoms. The molecule has 0 spiro atoms. The van der Waals surface area contributed by atoms with Crippen molar-refractivity contribution >= 4 is 0 Å². The lowest BCUT2D eigenvalue weighted by molar-refractivity contribution is 0.126. The molecule has 1 unspecified atom stereocenters. The normalized spacial score (nSPS) is 20.4. The van der Waals surface area contributed by atoms with Crippen molar-refractivity contribution in [1.29, 1.82) is 0 Å². The van der Waals surface area contributed by atoms with Gasteiger partial charge in [0.1, 0.15) is 6.23 Å². The van der Waals surface area contributed by atoms with Crippen LogP contribution in [0.4, 0.5) is 0 Å². The van der Waals surface area contributed by atoms with Crippen LogP contribution in [0.15, 0.2) is 24.3 Å². The molecule has 1 fully saturated rings. The van der Waals surface area contributed by atoms with Crippen LogP contribution in [0.2, 0.25) is 0 Å². The molecule has 1 N–H and O–H groups in total. The summed E-state index contributed by atoms with van der Waals surface area (Å²) in [5.41, 5.74) is 0. The van der Waals surface area contributed by atoms with Crippen molar-refractivity contribution in [3.05, 3.63) is 24.3 Å². The molecule has 1 aliphatic heterocycles. The monoisotopic (exact) mass is 221 g/mol. The van der Waals surface area contributed by atoms with Gasteiger partial charge in [-0.15, -0.1) is 0 Å². The van der Waals surface area contributed by atoms with E-state index in [-0.39, 0.29) is 6.23 Å². The van der Waals surface area contributed by atoms with Crippen molar-refractivity contribution in [2.75, 3.05) is 13.2 Å². The van der Waals surface area contributed by atoms with E-state index in [9.17, 15) is 0 Å². The van der Waals surface area contributed by atoms with Crippen LogP contribution in [0.3, 0.4) is 0 Å². The highest BCUT2D eigenvalue weighted by atomic mass is 16.5. The Hall–Kier alpha value is -1.22. The minimum Gasteiger partial charge on any atom is -0.490 e. The average Bonchev–Trinajstić information content (AvgIpc) is 2.33. The first-order chi connectivity index (χ1) is 7.90. The molecule has 16 heavy (non-hydrogen) atoms. The van der Waals surface area contributed by atoms with E-state index in [1.54, 1.807) is 0 Å². The molecule has 1 aromatic carbocycles. The molecule has 3 nitrogen and oxygen atoms in total. The van der Waals surface area contributed by atoms with Crippen LogP contribution in [-0.2, 0) is 0 Å². The molecule has 0 aliphatic carbocycles. The zero-order chi connectivity index (χ0) is 11.2. The van der Waals surface area contributed by atoms with Gasteiger partial charge in [-0.25, -0.2) is 0 Å². The lowest BCUT2D eigenvalue weighted by atomic mass is 10.1. The number of ether oxygens (including phenoxy) is 2. The number of nitrogens with one attached hydrogen (secondary N) is 1. The molecular formula is C13H19NO2. The third-order valence-corrected chi connectivity index (χ3v) is 2.68. The lowest BCUT2D eigenvalue weighted by Crippen LogP contribution is -2.38. The largest absolute Gasteiger partial charge is 0.490 e. The molecule has 0 bridgehead atoms. The number of piperidine rings is 1. The molecule has 0 saturated carbocycles. The van der Waals surface area contributed by atoms with Gasteiger partial charge in [0.05, 0.1) is 6.61 Å². The van der Waals surface area contributed by atoms with Crippen molar-refractivity contribution < 1.29 is 9.47 Å². The highest BCUT2D eigenvalue weighted by Crippen LogP contribution is 2.28. The van der Waals surface area contributed by atoms with Gasteiger partial charge in [-0.2, -0.15) is 0 Å². The van der Waals surface area contributed by atoms with Crippen LogP contribution in [0.5, 0.6) is 11.5 Å². The van der Waals surface area contributed by atoms with Gasteiger partial charge < -0.3 is 9.47 Å². The predicted octanol–water partition coefficient (Wildman–Crippen LogP) is 2.56. The minimum absolute atomic E-state index is 0.135. The summed E-state index contributed by atoms with van der Waals surface area (Å²) in [6.45, 7) is 3.69. The van der Waals surface area contributed by atoms with E-state index in [0.717, 1.165) is 24.5 Å². The summed E-state index contributed by atoms with van der Waals surface area (Å²) in [5.74, 6) is 1.67. The van der Waals surface area contributed by atoms with E-state index in [0.29, 0.717) is 6.61 Å². The smallest absolute Gasteiger partial charge is 0.163 e. The third-order valence-electron chi connectivity index (χ3n) is 2.68. The van der Waals surface area contributed by atoms with Gasteiger partial charge in [0.15, 0.2) is 11.5 Å². The molecule has 1 atom stereocenters. The Bertz CT molecular complexity index is 321. The Morgan fingerprint density at radius 1 is 1.25 bits per heavy atom. The summed E-state index contributed by atoms with van der Waals surface area (Å²) in [5, 5.41) is 3.36. The standard InChI is InChI=1S/C13H19NO2/c1-2-15-11-7-3-4-8-12(11)16-13-9-5-6-10-14-13/h3-4,7-8,13-14H,2,5-6,9-10H2,1H3. The predicted molar refractivity (Wildman–Crippen MR) is 63.9 cm³/mol. The topological polar surface area (TPSA) is 30.5 Å². The maximum Gasteiger partial charge on any atom is 0.163 e. The zero-order valence-electron chi connectivity index (χ0n) is 9.74. The summed E-state index contributed by atoms with van der Waals surface area (Å²) in [7, 11) is 0. The SMILES string of the molecule is CCOc1ccccc1OC1CCCCN1. The maximum atomic E-state index is 5.90. The van der Waals surface area contributed by atoms with Crippen LogP contribution in [-0.4, -0.2) is 19.4 Å². The molecule has 0 amide bonds. The lowest BCUT2D eigenvalue weighted by Gasteiger charge is -2.25. The quantitative estimate of drug-likeness (QED) is 0.847. The highest BCUT2D eigenvalue weighted by molar-refractivity contribution is 5.39. The van der Waals surface area contributed by atoms with Gasteiger partial charge in [-0.3, -0.25) is 5.32 Å². The molecule has 1 heterocycles. The Morgan fingerprint density at radius 2 is 2.06 bits per heavy atom. The fraction of sp³-hybridized carbons (Fsp3) is 0.538. The first-order valence-corrected chi connectivity index (χ1v) is 6.02. The molecular weight excluding hydrogens is 202 g/mol. The van der Waals surface area contributed by atoms with E-state index in [2.05, 4.69) is 5.32 Å². The van der Waals surface area contributed by atoms with E-state index < -0.39 is 0 Å². The number of rotatable bonds is 4. The van der Waals surface area contributed by atoms with Gasteiger partial charge in [-0.1, -0.05) is 12.1 Å². The summed E-state index contributed by atoms with van der Waals surface area (Å²) in [6.07, 6.45) is 3.68. The van der Waals surface area contributed by atoms with E-state index in [1.807, 2.05) is 31.2 Å². The van der Waals surface area contributed by atoms with Crippen molar-refractivity contribution in [3.8, 4) is 11.5 Å². The maximum absolute atomic E-state index is 5.90. The summed E-state index contributed by atoms with van der Waals surface area (Å²) < 4.78 is 11.4. The van der Waals surface area contributed by atoms with Gasteiger partial charge in [0.25, 0.3) is 0 Å². The Morgan fingerprint density at radius 3 is 2.75 bits per heavy atom. The zero-order valence-corrected chi connectivity index (χ0v) is 9.74. The van der Waals surface area contributed by atoms with Crippen molar-refractivity contribution in [2.24, 2.45) is 0 Å². The summed E-state index contributed by atoms with van der Waals surface area (Å²) >= 11 is 0. The highest BCUT2D eigenvalue weighted by Gasteiger charge is 2.15. The van der Waals surface area contributed by atoms with Crippen molar-refractivity contribution in [1.82, 2.24) is 5.32 Å². The van der Waals surface area contributed by atoms with Crippen LogP contribution in [0.25, 0.3) is 0 Å². The Labute approximate surface area is 96.8 Å². The molecule has 0 aromatic heterocycles. The van der Waals surface area contributed by atoms with Crippen molar-refractivity contribution in [3.63, 3.8) is 0 Å². The van der Waals surface area contributed by atoms with Crippen LogP contribution in [0, 0.1) is 0 Å². The van der Waals surface area contributed by atoms with Gasteiger partial charge in [0, 0.05) is 0 Å². The van der Waals surface area contributed by atoms with Gasteiger partial charge in [0.2, 0.25) is 0 Å². The van der Waals surface area contributed by atoms with E-state index in [4.69, 9.17) is 9.47 Å². The Balaban J connectivity index is 2.01. The number of benzene rings is 1. The number of hydrogen-bond acceptors (Lipinski definition) is 3. The molecule has 1 saturated heterocycles. The molecule has 2 rings (SSSR count). The van der Waals surface area contributed by atoms with E-state index in [1.165, 1.54) is 12.8 Å². The second-order valence-corrected chi connectivity index (χ2v) is 3.94. The first kappa shape index (κ1) is 11.3. The Kier molecular flexibility index (Phi) is 4.05. The fourth-order valence-electron chi connectivity index (χ4n) is 1.90. The second-order valence-electron chi connectivity index (χ2n) is 3.94. The van der Waals surface area contributed by atoms with E-state index >= 15 is 0 Å². The van der Waals surface area contributed by atoms with Crippen LogP contribution in [0.1, 0.15) is 26.2 Å². The molecule has 0 radical (unpaired) electrons. The van der Waals surface area contributed by atoms with Crippen LogP contribution < -0.4 is 14.8 Å². The molecule has 1 aromatic rings. The van der Waals surface area contributed by atoms with Crippen molar-refractivity contribution in [2.45, 2.75) is 32.4 Å². The molecule has 88 valence electrons. The van der Waals surface area contributed by atoms with Gasteiger partial charge in [-0.05, 0) is 44.9 Å². The number of para-hydroxylation sites is 2. The first-order valence-electron chi connectivity index (χ1n) is 6.02. The average molecular weight is 221 g/mol.